The van der Waals surface area contributed by atoms with Crippen LogP contribution in [0.4, 0.5) is 0 Å². The monoisotopic (exact) mass is 227 g/mol. The maximum atomic E-state index is 3.30. The van der Waals surface area contributed by atoms with E-state index in [4.69, 9.17) is 0 Å². The third kappa shape index (κ3) is 1.78. The van der Waals surface area contributed by atoms with Crippen LogP contribution in [0.25, 0.3) is 10.9 Å². The first-order chi connectivity index (χ1) is 8.00. The molecule has 0 atom stereocenters. The molecule has 1 aliphatic carbocycles. The van der Waals surface area contributed by atoms with Crippen LogP contribution in [0.15, 0.2) is 30.5 Å². The van der Waals surface area contributed by atoms with E-state index in [1.54, 1.807) is 0 Å². The number of aromatic nitrogens is 1. The van der Waals surface area contributed by atoms with Crippen LogP contribution in [0.5, 0.6) is 0 Å². The predicted molar refractivity (Wildman–Crippen MR) is 73.1 cm³/mol. The van der Waals surface area contributed by atoms with E-state index in [2.05, 4.69) is 50.0 Å². The summed E-state index contributed by atoms with van der Waals surface area (Å²) in [6.45, 7) is 7.15. The average molecular weight is 227 g/mol. The number of benzene rings is 1. The Morgan fingerprint density at radius 2 is 1.94 bits per heavy atom. The van der Waals surface area contributed by atoms with Gasteiger partial charge in [-0.05, 0) is 53.2 Å². The van der Waals surface area contributed by atoms with Gasteiger partial charge >= 0.3 is 0 Å². The van der Waals surface area contributed by atoms with Crippen molar-refractivity contribution in [1.82, 2.24) is 4.98 Å². The van der Waals surface area contributed by atoms with Crippen molar-refractivity contribution >= 4 is 10.9 Å². The summed E-state index contributed by atoms with van der Waals surface area (Å²) in [4.78, 5) is 3.30. The molecule has 0 amide bonds. The van der Waals surface area contributed by atoms with Crippen molar-refractivity contribution in [1.29, 1.82) is 0 Å². The lowest BCUT2D eigenvalue weighted by Gasteiger charge is -2.31. The molecule has 90 valence electrons. The molecular formula is C16H21N. The molecule has 0 aliphatic heterocycles. The van der Waals surface area contributed by atoms with E-state index in [1.165, 1.54) is 35.7 Å². The Morgan fingerprint density at radius 1 is 1.18 bits per heavy atom. The Morgan fingerprint density at radius 3 is 2.59 bits per heavy atom. The van der Waals surface area contributed by atoms with Crippen molar-refractivity contribution in [3.63, 3.8) is 0 Å². The lowest BCUT2D eigenvalue weighted by Crippen LogP contribution is -2.24. The van der Waals surface area contributed by atoms with Crippen molar-refractivity contribution in [2.75, 3.05) is 0 Å². The van der Waals surface area contributed by atoms with Gasteiger partial charge in [-0.15, -0.1) is 0 Å². The molecule has 1 N–H and O–H groups in total. The topological polar surface area (TPSA) is 15.8 Å². The molecule has 17 heavy (non-hydrogen) atoms. The molecule has 1 fully saturated rings. The first-order valence-electron chi connectivity index (χ1n) is 6.56. The van der Waals surface area contributed by atoms with Gasteiger partial charge in [0.15, 0.2) is 0 Å². The number of H-pyrrole nitrogens is 1. The van der Waals surface area contributed by atoms with Crippen molar-refractivity contribution in [3.8, 4) is 0 Å². The second-order valence-electron chi connectivity index (χ2n) is 6.61. The van der Waals surface area contributed by atoms with Gasteiger partial charge in [0.2, 0.25) is 0 Å². The van der Waals surface area contributed by atoms with E-state index in [1.807, 2.05) is 6.20 Å². The molecule has 1 saturated carbocycles. The number of fused-ring (bicyclic) bond motifs is 1. The summed E-state index contributed by atoms with van der Waals surface area (Å²) in [6.07, 6.45) is 6.02. The molecule has 1 heterocycles. The largest absolute Gasteiger partial charge is 0.361 e. The van der Waals surface area contributed by atoms with E-state index < -0.39 is 0 Å². The highest BCUT2D eigenvalue weighted by atomic mass is 14.7. The molecule has 0 radical (unpaired) electrons. The fourth-order valence-electron chi connectivity index (χ4n) is 2.94. The third-order valence-corrected chi connectivity index (χ3v) is 4.61. The van der Waals surface area contributed by atoms with Gasteiger partial charge in [0.1, 0.15) is 0 Å². The maximum absolute atomic E-state index is 3.30. The minimum Gasteiger partial charge on any atom is -0.361 e. The zero-order valence-corrected chi connectivity index (χ0v) is 11.0. The van der Waals surface area contributed by atoms with Crippen LogP contribution >= 0.6 is 0 Å². The van der Waals surface area contributed by atoms with Gasteiger partial charge < -0.3 is 4.98 Å². The first kappa shape index (κ1) is 10.9. The van der Waals surface area contributed by atoms with E-state index in [-0.39, 0.29) is 0 Å². The third-order valence-electron chi connectivity index (χ3n) is 4.61. The number of hydrogen-bond donors (Lipinski definition) is 1. The van der Waals surface area contributed by atoms with Gasteiger partial charge in [-0.3, -0.25) is 0 Å². The minimum atomic E-state index is 0.428. The van der Waals surface area contributed by atoms with Crippen molar-refractivity contribution in [3.05, 3.63) is 36.0 Å². The van der Waals surface area contributed by atoms with Gasteiger partial charge in [0.05, 0.1) is 0 Å². The highest BCUT2D eigenvalue weighted by molar-refractivity contribution is 5.79. The van der Waals surface area contributed by atoms with Gasteiger partial charge in [0.25, 0.3) is 0 Å². The minimum absolute atomic E-state index is 0.428. The molecule has 1 aliphatic rings. The van der Waals surface area contributed by atoms with E-state index in [0.29, 0.717) is 10.8 Å². The Bertz CT molecular complexity index is 538. The Balaban J connectivity index is 1.90. The van der Waals surface area contributed by atoms with Gasteiger partial charge in [-0.1, -0.05) is 32.9 Å². The second-order valence-corrected chi connectivity index (χ2v) is 6.61. The summed E-state index contributed by atoms with van der Waals surface area (Å²) < 4.78 is 0. The van der Waals surface area contributed by atoms with Crippen molar-refractivity contribution in [2.45, 2.75) is 40.0 Å². The SMILES string of the molecule is CC(C)(C)C1(Cc2ccc3cc[nH]c3c2)CC1. The molecule has 2 aromatic rings. The van der Waals surface area contributed by atoms with Gasteiger partial charge in [0, 0.05) is 11.7 Å². The standard InChI is InChI=1S/C16H21N/c1-15(2,3)16(7-8-16)11-12-4-5-13-6-9-17-14(13)10-12/h4-6,9-10,17H,7-8,11H2,1-3H3. The molecule has 0 unspecified atom stereocenters. The summed E-state index contributed by atoms with van der Waals surface area (Å²) in [5.41, 5.74) is 3.73. The van der Waals surface area contributed by atoms with Crippen LogP contribution in [0.3, 0.4) is 0 Å². The number of aromatic amines is 1. The summed E-state index contributed by atoms with van der Waals surface area (Å²) >= 11 is 0. The molecule has 3 rings (SSSR count). The zero-order valence-electron chi connectivity index (χ0n) is 11.0. The predicted octanol–water partition coefficient (Wildman–Crippen LogP) is 4.54. The zero-order chi connectivity index (χ0) is 12.1. The second kappa shape index (κ2) is 3.38. The number of nitrogens with one attached hydrogen (secondary N) is 1. The molecular weight excluding hydrogens is 206 g/mol. The van der Waals surface area contributed by atoms with E-state index in [0.717, 1.165) is 0 Å². The molecule has 1 aromatic heterocycles. The lowest BCUT2D eigenvalue weighted by atomic mass is 9.74. The fourth-order valence-corrected chi connectivity index (χ4v) is 2.94. The quantitative estimate of drug-likeness (QED) is 0.775. The summed E-state index contributed by atoms with van der Waals surface area (Å²) in [6, 6.07) is 8.98. The summed E-state index contributed by atoms with van der Waals surface area (Å²) in [5.74, 6) is 0. The van der Waals surface area contributed by atoms with Crippen LogP contribution in [0.2, 0.25) is 0 Å². The van der Waals surface area contributed by atoms with Crippen LogP contribution in [-0.4, -0.2) is 4.98 Å². The fraction of sp³-hybridized carbons (Fsp3) is 0.500. The molecule has 0 bridgehead atoms. The number of rotatable bonds is 2. The van der Waals surface area contributed by atoms with E-state index >= 15 is 0 Å². The Kier molecular flexibility index (Phi) is 2.16. The lowest BCUT2D eigenvalue weighted by molar-refractivity contribution is 0.212. The molecule has 0 saturated heterocycles. The van der Waals surface area contributed by atoms with Gasteiger partial charge in [-0.2, -0.15) is 0 Å². The normalized spacial score (nSPS) is 18.5. The first-order valence-corrected chi connectivity index (χ1v) is 6.56. The molecule has 1 heteroatoms. The van der Waals surface area contributed by atoms with Crippen molar-refractivity contribution in [2.24, 2.45) is 10.8 Å². The van der Waals surface area contributed by atoms with Crippen molar-refractivity contribution < 1.29 is 0 Å². The molecule has 0 spiro atoms. The maximum Gasteiger partial charge on any atom is 0.0456 e. The van der Waals surface area contributed by atoms with Crippen LogP contribution in [0, 0.1) is 10.8 Å². The number of hydrogen-bond acceptors (Lipinski definition) is 0. The smallest absolute Gasteiger partial charge is 0.0456 e. The molecule has 1 aromatic carbocycles. The van der Waals surface area contributed by atoms with Crippen LogP contribution < -0.4 is 0 Å². The van der Waals surface area contributed by atoms with E-state index in [9.17, 15) is 0 Å². The average Bonchev–Trinajstić information content (AvgIpc) is 2.90. The van der Waals surface area contributed by atoms with Crippen LogP contribution in [-0.2, 0) is 6.42 Å². The Hall–Kier alpha value is -1.24. The summed E-state index contributed by atoms with van der Waals surface area (Å²) in [5, 5.41) is 1.31. The van der Waals surface area contributed by atoms with Crippen LogP contribution in [0.1, 0.15) is 39.2 Å². The summed E-state index contributed by atoms with van der Waals surface area (Å²) in [7, 11) is 0. The highest BCUT2D eigenvalue weighted by Gasteiger charge is 2.51. The highest BCUT2D eigenvalue weighted by Crippen LogP contribution is 2.60. The molecule has 1 nitrogen and oxygen atoms in total. The van der Waals surface area contributed by atoms with Gasteiger partial charge in [-0.25, -0.2) is 0 Å². The Labute approximate surface area is 103 Å².